The second-order valence-corrected chi connectivity index (χ2v) is 5.71. The van der Waals surface area contributed by atoms with E-state index in [1.165, 1.54) is 0 Å². The van der Waals surface area contributed by atoms with Crippen LogP contribution in [0.4, 0.5) is 57.1 Å². The molecule has 158 valence electrons. The molecule has 0 bridgehead atoms. The van der Waals surface area contributed by atoms with Gasteiger partial charge in [0.2, 0.25) is 5.41 Å². The Labute approximate surface area is 139 Å². The second kappa shape index (κ2) is 7.61. The summed E-state index contributed by atoms with van der Waals surface area (Å²) in [5.41, 5.74) is -6.54. The normalized spacial score (nSPS) is 15.5. The molecule has 0 aromatic rings. The average Bonchev–Trinajstić information content (AvgIpc) is 2.37. The van der Waals surface area contributed by atoms with Gasteiger partial charge in [0.05, 0.1) is 0 Å². The van der Waals surface area contributed by atoms with Crippen molar-refractivity contribution in [3.63, 3.8) is 0 Å². The van der Waals surface area contributed by atoms with E-state index < -0.39 is 55.1 Å². The molecule has 13 heteroatoms. The van der Waals surface area contributed by atoms with Gasteiger partial charge in [0.15, 0.2) is 0 Å². The Balaban J connectivity index is 6.30. The van der Waals surface area contributed by atoms with Gasteiger partial charge in [-0.3, -0.25) is 0 Å². The maximum absolute atomic E-state index is 13.7. The Morgan fingerprint density at radius 3 is 1.15 bits per heavy atom. The number of unbranched alkanes of at least 4 members (excludes halogenated alkanes) is 4. The van der Waals surface area contributed by atoms with Gasteiger partial charge in [-0.2, -0.15) is 57.1 Å². The van der Waals surface area contributed by atoms with Crippen LogP contribution in [-0.4, -0.2) is 30.4 Å². The highest BCUT2D eigenvalue weighted by molar-refractivity contribution is 5.10. The second-order valence-electron chi connectivity index (χ2n) is 5.71. The molecule has 0 saturated heterocycles. The fourth-order valence-corrected chi connectivity index (χ4v) is 2.40. The summed E-state index contributed by atoms with van der Waals surface area (Å²) in [6.07, 6.45) is -25.1. The number of alkyl halides is 13. The van der Waals surface area contributed by atoms with E-state index in [0.29, 0.717) is 12.8 Å². The van der Waals surface area contributed by atoms with Gasteiger partial charge in [-0.1, -0.05) is 39.0 Å². The van der Waals surface area contributed by atoms with Gasteiger partial charge in [0, 0.05) is 0 Å². The van der Waals surface area contributed by atoms with Crippen molar-refractivity contribution >= 4 is 0 Å². The smallest absolute Gasteiger partial charge is 0.198 e. The zero-order valence-electron chi connectivity index (χ0n) is 13.2. The summed E-state index contributed by atoms with van der Waals surface area (Å²) in [4.78, 5) is 0. The van der Waals surface area contributed by atoms with Crippen LogP contribution in [0, 0.1) is 5.41 Å². The van der Waals surface area contributed by atoms with Gasteiger partial charge in [-0.15, -0.1) is 0 Å². The maximum atomic E-state index is 13.7. The molecule has 0 radical (unpaired) electrons. The molecule has 0 spiro atoms. The van der Waals surface area contributed by atoms with Crippen LogP contribution in [-0.2, 0) is 0 Å². The van der Waals surface area contributed by atoms with Crippen molar-refractivity contribution in [3.8, 4) is 0 Å². The molecule has 26 heavy (non-hydrogen) atoms. The van der Waals surface area contributed by atoms with Gasteiger partial charge >= 0.3 is 30.4 Å². The molecule has 0 heterocycles. The SMILES string of the molecule is CCCCCCCC(C(F)(F)F)(C(F)(F)F)C(F)(F)C(F)(F)C(F)(F)F. The minimum absolute atomic E-state index is 0.00350. The predicted molar refractivity (Wildman–Crippen MR) is 63.9 cm³/mol. The maximum Gasteiger partial charge on any atom is 0.459 e. The topological polar surface area (TPSA) is 0 Å². The summed E-state index contributed by atoms with van der Waals surface area (Å²) in [6, 6.07) is 0. The third kappa shape index (κ3) is 4.15. The van der Waals surface area contributed by atoms with E-state index in [-0.39, 0.29) is 6.42 Å². The Morgan fingerprint density at radius 1 is 0.462 bits per heavy atom. The van der Waals surface area contributed by atoms with E-state index in [0.717, 1.165) is 0 Å². The molecule has 0 aromatic carbocycles. The zero-order chi connectivity index (χ0) is 21.2. The number of rotatable bonds is 8. The highest BCUT2D eigenvalue weighted by Gasteiger charge is 2.91. The van der Waals surface area contributed by atoms with Crippen LogP contribution in [0.2, 0.25) is 0 Å². The van der Waals surface area contributed by atoms with Crippen molar-refractivity contribution in [2.45, 2.75) is 75.8 Å². The fourth-order valence-electron chi connectivity index (χ4n) is 2.40. The van der Waals surface area contributed by atoms with E-state index in [9.17, 15) is 57.1 Å². The van der Waals surface area contributed by atoms with Gasteiger partial charge < -0.3 is 0 Å². The van der Waals surface area contributed by atoms with Gasteiger partial charge in [0.25, 0.3) is 0 Å². The van der Waals surface area contributed by atoms with Crippen molar-refractivity contribution in [1.82, 2.24) is 0 Å². The lowest BCUT2D eigenvalue weighted by atomic mass is 9.72. The highest BCUT2D eigenvalue weighted by Crippen LogP contribution is 2.67. The van der Waals surface area contributed by atoms with E-state index in [2.05, 4.69) is 0 Å². The molecule has 0 rings (SSSR count). The van der Waals surface area contributed by atoms with Crippen molar-refractivity contribution in [2.75, 3.05) is 0 Å². The summed E-state index contributed by atoms with van der Waals surface area (Å²) in [6.45, 7) is 1.60. The summed E-state index contributed by atoms with van der Waals surface area (Å²) < 4.78 is 168. The first kappa shape index (κ1) is 25.1. The first-order chi connectivity index (χ1) is 11.3. The minimum atomic E-state index is -7.55. The lowest BCUT2D eigenvalue weighted by molar-refractivity contribution is -0.461. The van der Waals surface area contributed by atoms with Crippen LogP contribution in [0.1, 0.15) is 45.4 Å². The van der Waals surface area contributed by atoms with Crippen LogP contribution in [0.3, 0.4) is 0 Å². The monoisotopic (exact) mass is 418 g/mol. The van der Waals surface area contributed by atoms with Crippen LogP contribution < -0.4 is 0 Å². The van der Waals surface area contributed by atoms with E-state index in [1.807, 2.05) is 0 Å². The summed E-state index contributed by atoms with van der Waals surface area (Å²) >= 11 is 0. The van der Waals surface area contributed by atoms with Crippen molar-refractivity contribution in [3.05, 3.63) is 0 Å². The van der Waals surface area contributed by atoms with Gasteiger partial charge in [-0.05, 0) is 6.42 Å². The molecule has 0 N–H and O–H groups in total. The van der Waals surface area contributed by atoms with Crippen LogP contribution >= 0.6 is 0 Å². The summed E-state index contributed by atoms with van der Waals surface area (Å²) in [5.74, 6) is -15.0. The standard InChI is InChI=1S/C13H15F13/c1-2-3-4-5-6-7-8(11(18,19)20,12(21,22)23)9(14,15)10(16,17)13(24,25)26/h2-7H2,1H3. The number of hydrogen-bond acceptors (Lipinski definition) is 0. The molecule has 0 aromatic heterocycles. The Bertz CT molecular complexity index is 426. The largest absolute Gasteiger partial charge is 0.459 e. The molecule has 0 nitrogen and oxygen atoms in total. The Kier molecular flexibility index (Phi) is 7.34. The van der Waals surface area contributed by atoms with Crippen LogP contribution in [0.5, 0.6) is 0 Å². The zero-order valence-corrected chi connectivity index (χ0v) is 13.2. The average molecular weight is 418 g/mol. The van der Waals surface area contributed by atoms with Crippen LogP contribution in [0.15, 0.2) is 0 Å². The summed E-state index contributed by atoms with van der Waals surface area (Å²) in [5, 5.41) is 0. The highest BCUT2D eigenvalue weighted by atomic mass is 19.4. The lowest BCUT2D eigenvalue weighted by Gasteiger charge is -2.45. The van der Waals surface area contributed by atoms with Crippen molar-refractivity contribution in [1.29, 1.82) is 0 Å². The van der Waals surface area contributed by atoms with E-state index in [1.54, 1.807) is 6.92 Å². The fraction of sp³-hybridized carbons (Fsp3) is 1.00. The van der Waals surface area contributed by atoms with Crippen molar-refractivity contribution < 1.29 is 57.1 Å². The molecule has 0 saturated carbocycles. The molecule has 0 unspecified atom stereocenters. The molecular weight excluding hydrogens is 403 g/mol. The first-order valence-corrected chi connectivity index (χ1v) is 7.27. The van der Waals surface area contributed by atoms with Crippen molar-refractivity contribution in [2.24, 2.45) is 5.41 Å². The molecule has 0 amide bonds. The Morgan fingerprint density at radius 2 is 0.846 bits per heavy atom. The molecule has 0 aliphatic carbocycles. The molecular formula is C13H15F13. The molecule has 0 aliphatic heterocycles. The predicted octanol–water partition coefficient (Wildman–Crippen LogP) is 7.29. The third-order valence-corrected chi connectivity index (χ3v) is 3.91. The molecule has 0 aliphatic rings. The van der Waals surface area contributed by atoms with Gasteiger partial charge in [0.1, 0.15) is 0 Å². The van der Waals surface area contributed by atoms with Gasteiger partial charge in [-0.25, -0.2) is 0 Å². The first-order valence-electron chi connectivity index (χ1n) is 7.27. The lowest BCUT2D eigenvalue weighted by Crippen LogP contribution is -2.70. The Hall–Kier alpha value is -0.910. The number of hydrogen-bond donors (Lipinski definition) is 0. The van der Waals surface area contributed by atoms with E-state index >= 15 is 0 Å². The summed E-state index contributed by atoms with van der Waals surface area (Å²) in [7, 11) is 0. The number of halogens is 13. The van der Waals surface area contributed by atoms with Crippen LogP contribution in [0.25, 0.3) is 0 Å². The minimum Gasteiger partial charge on any atom is -0.198 e. The third-order valence-electron chi connectivity index (χ3n) is 3.91. The molecule has 0 atom stereocenters. The molecule has 0 fully saturated rings. The van der Waals surface area contributed by atoms with E-state index in [4.69, 9.17) is 0 Å². The quantitative estimate of drug-likeness (QED) is 0.287.